The molecule has 0 spiro atoms. The minimum absolute atomic E-state index is 0.158. The lowest BCUT2D eigenvalue weighted by Gasteiger charge is -2.04. The van der Waals surface area contributed by atoms with Crippen LogP contribution in [0.5, 0.6) is 0 Å². The number of unbranched alkanes of at least 4 members (excludes halogenated alkanes) is 13. The van der Waals surface area contributed by atoms with E-state index in [4.69, 9.17) is 9.79 Å². The summed E-state index contributed by atoms with van der Waals surface area (Å²) in [6.45, 7) is 2.42. The second kappa shape index (κ2) is 17.7. The fourth-order valence-corrected chi connectivity index (χ4v) is 3.08. The van der Waals surface area contributed by atoms with E-state index in [1.807, 2.05) is 0 Å². The summed E-state index contributed by atoms with van der Waals surface area (Å²) < 4.78 is 14.9. The molecular formula is C19H39O4P. The van der Waals surface area contributed by atoms with Gasteiger partial charge in [-0.15, -0.1) is 0 Å². The zero-order chi connectivity index (χ0) is 17.9. The molecule has 0 saturated carbocycles. The van der Waals surface area contributed by atoms with Crippen LogP contribution in [0, 0.1) is 0 Å². The van der Waals surface area contributed by atoms with Gasteiger partial charge in [-0.1, -0.05) is 83.3 Å². The molecule has 0 aliphatic rings. The number of phosphoric ester groups is 1. The molecule has 0 aromatic carbocycles. The maximum absolute atomic E-state index is 10.5. The second-order valence-electron chi connectivity index (χ2n) is 6.62. The smallest absolute Gasteiger partial charge is 0.303 e. The standard InChI is InChI=1S/C19H39O4P/c1-2-3-4-5-6-7-8-9-10-11-12-13-14-15-16-17-18-19-23-24(20,21)22/h10-11H,2-9,12-19H2,1H3,(H2,20,21,22)/b11-10-. The van der Waals surface area contributed by atoms with E-state index in [1.54, 1.807) is 0 Å². The summed E-state index contributed by atoms with van der Waals surface area (Å²) in [6, 6.07) is 0. The average Bonchev–Trinajstić information content (AvgIpc) is 2.52. The number of hydrogen-bond donors (Lipinski definition) is 2. The van der Waals surface area contributed by atoms with Crippen molar-refractivity contribution in [3.05, 3.63) is 12.2 Å². The minimum Gasteiger partial charge on any atom is -0.303 e. The topological polar surface area (TPSA) is 66.8 Å². The van der Waals surface area contributed by atoms with E-state index in [1.165, 1.54) is 77.0 Å². The number of allylic oxidation sites excluding steroid dienone is 2. The van der Waals surface area contributed by atoms with Gasteiger partial charge in [0.2, 0.25) is 0 Å². The Morgan fingerprint density at radius 1 is 0.708 bits per heavy atom. The molecule has 0 heterocycles. The summed E-state index contributed by atoms with van der Waals surface area (Å²) >= 11 is 0. The third-order valence-corrected chi connectivity index (χ3v) is 4.68. The lowest BCUT2D eigenvalue weighted by molar-refractivity contribution is 0.193. The molecule has 144 valence electrons. The molecule has 0 aromatic rings. The van der Waals surface area contributed by atoms with Crippen molar-refractivity contribution in [1.82, 2.24) is 0 Å². The highest BCUT2D eigenvalue weighted by Crippen LogP contribution is 2.35. The van der Waals surface area contributed by atoms with Crippen LogP contribution in [0.2, 0.25) is 0 Å². The molecule has 0 fully saturated rings. The van der Waals surface area contributed by atoms with Gasteiger partial charge < -0.3 is 9.79 Å². The Labute approximate surface area is 149 Å². The van der Waals surface area contributed by atoms with Crippen LogP contribution in [0.3, 0.4) is 0 Å². The van der Waals surface area contributed by atoms with Crippen molar-refractivity contribution in [2.75, 3.05) is 6.61 Å². The minimum atomic E-state index is -4.26. The summed E-state index contributed by atoms with van der Waals surface area (Å²) in [5.74, 6) is 0. The molecule has 0 atom stereocenters. The Morgan fingerprint density at radius 3 is 1.58 bits per heavy atom. The lowest BCUT2D eigenvalue weighted by atomic mass is 10.1. The van der Waals surface area contributed by atoms with Crippen LogP contribution < -0.4 is 0 Å². The highest BCUT2D eigenvalue weighted by atomic mass is 31.2. The molecule has 0 amide bonds. The number of rotatable bonds is 18. The monoisotopic (exact) mass is 362 g/mol. The van der Waals surface area contributed by atoms with Gasteiger partial charge in [-0.25, -0.2) is 4.57 Å². The quantitative estimate of drug-likeness (QED) is 0.165. The van der Waals surface area contributed by atoms with Crippen molar-refractivity contribution in [3.63, 3.8) is 0 Å². The zero-order valence-corrected chi connectivity index (χ0v) is 16.5. The Morgan fingerprint density at radius 2 is 1.12 bits per heavy atom. The molecule has 4 nitrogen and oxygen atoms in total. The molecular weight excluding hydrogens is 323 g/mol. The van der Waals surface area contributed by atoms with E-state index in [-0.39, 0.29) is 6.61 Å². The molecule has 0 aliphatic carbocycles. The fraction of sp³-hybridized carbons (Fsp3) is 0.895. The molecule has 0 bridgehead atoms. The predicted octanol–water partition coefficient (Wildman–Crippen LogP) is 6.52. The van der Waals surface area contributed by atoms with E-state index in [0.717, 1.165) is 19.3 Å². The van der Waals surface area contributed by atoms with Gasteiger partial charge >= 0.3 is 7.82 Å². The number of hydrogen-bond acceptors (Lipinski definition) is 2. The fourth-order valence-electron chi connectivity index (χ4n) is 2.71. The van der Waals surface area contributed by atoms with Crippen LogP contribution in [-0.2, 0) is 9.09 Å². The molecule has 0 radical (unpaired) electrons. The molecule has 0 saturated heterocycles. The van der Waals surface area contributed by atoms with Gasteiger partial charge in [-0.3, -0.25) is 4.52 Å². The van der Waals surface area contributed by atoms with Gasteiger partial charge in [0.25, 0.3) is 0 Å². The Bertz CT molecular complexity index is 325. The van der Waals surface area contributed by atoms with Crippen molar-refractivity contribution in [3.8, 4) is 0 Å². The maximum atomic E-state index is 10.5. The third kappa shape index (κ3) is 21.9. The normalized spacial score (nSPS) is 12.3. The zero-order valence-electron chi connectivity index (χ0n) is 15.6. The van der Waals surface area contributed by atoms with Crippen molar-refractivity contribution in [2.24, 2.45) is 0 Å². The van der Waals surface area contributed by atoms with E-state index in [2.05, 4.69) is 23.6 Å². The lowest BCUT2D eigenvalue weighted by Crippen LogP contribution is -1.92. The summed E-state index contributed by atoms with van der Waals surface area (Å²) in [5.41, 5.74) is 0. The second-order valence-corrected chi connectivity index (χ2v) is 7.85. The van der Waals surface area contributed by atoms with Gasteiger partial charge in [0.15, 0.2) is 0 Å². The number of phosphoric acid groups is 1. The summed E-state index contributed by atoms with van der Waals surface area (Å²) in [6.07, 6.45) is 23.2. The van der Waals surface area contributed by atoms with Crippen molar-refractivity contribution in [1.29, 1.82) is 0 Å². The summed E-state index contributed by atoms with van der Waals surface area (Å²) in [7, 11) is -4.26. The van der Waals surface area contributed by atoms with Gasteiger partial charge in [0.1, 0.15) is 0 Å². The van der Waals surface area contributed by atoms with Crippen LogP contribution in [0.15, 0.2) is 12.2 Å². The van der Waals surface area contributed by atoms with Crippen LogP contribution >= 0.6 is 7.82 Å². The van der Waals surface area contributed by atoms with Crippen molar-refractivity contribution < 1.29 is 18.9 Å². The Hall–Kier alpha value is -0.150. The first-order valence-corrected chi connectivity index (χ1v) is 11.4. The molecule has 2 N–H and O–H groups in total. The first-order valence-electron chi connectivity index (χ1n) is 9.91. The van der Waals surface area contributed by atoms with Crippen LogP contribution in [0.25, 0.3) is 0 Å². The van der Waals surface area contributed by atoms with E-state index >= 15 is 0 Å². The largest absolute Gasteiger partial charge is 0.469 e. The van der Waals surface area contributed by atoms with Gasteiger partial charge in [-0.2, -0.15) is 0 Å². The summed E-state index contributed by atoms with van der Waals surface area (Å²) in [4.78, 5) is 17.1. The van der Waals surface area contributed by atoms with E-state index in [0.29, 0.717) is 0 Å². The van der Waals surface area contributed by atoms with Crippen LogP contribution in [0.1, 0.15) is 103 Å². The van der Waals surface area contributed by atoms with Crippen LogP contribution in [0.4, 0.5) is 0 Å². The Balaban J connectivity index is 3.12. The average molecular weight is 362 g/mol. The van der Waals surface area contributed by atoms with Crippen molar-refractivity contribution >= 4 is 7.82 Å². The first-order chi connectivity index (χ1) is 11.6. The van der Waals surface area contributed by atoms with Gasteiger partial charge in [0, 0.05) is 0 Å². The van der Waals surface area contributed by atoms with E-state index < -0.39 is 7.82 Å². The third-order valence-electron chi connectivity index (χ3n) is 4.17. The molecule has 0 unspecified atom stereocenters. The molecule has 0 rings (SSSR count). The molecule has 0 aliphatic heterocycles. The SMILES string of the molecule is CCCCCCCCC/C=C\CCCCCCCCOP(=O)(O)O. The highest BCUT2D eigenvalue weighted by Gasteiger charge is 2.12. The molecule has 24 heavy (non-hydrogen) atoms. The summed E-state index contributed by atoms with van der Waals surface area (Å²) in [5, 5.41) is 0. The van der Waals surface area contributed by atoms with Gasteiger partial charge in [-0.05, 0) is 32.1 Å². The first kappa shape index (κ1) is 23.9. The molecule has 0 aromatic heterocycles. The van der Waals surface area contributed by atoms with Gasteiger partial charge in [0.05, 0.1) is 6.61 Å². The Kier molecular flexibility index (Phi) is 17.6. The highest BCUT2D eigenvalue weighted by molar-refractivity contribution is 7.46. The predicted molar refractivity (Wildman–Crippen MR) is 102 cm³/mol. The van der Waals surface area contributed by atoms with E-state index in [9.17, 15) is 4.57 Å². The molecule has 5 heteroatoms. The van der Waals surface area contributed by atoms with Crippen LogP contribution in [-0.4, -0.2) is 16.4 Å². The maximum Gasteiger partial charge on any atom is 0.469 e. The van der Waals surface area contributed by atoms with Crippen molar-refractivity contribution in [2.45, 2.75) is 103 Å².